The van der Waals surface area contributed by atoms with Crippen LogP contribution in [0.1, 0.15) is 21.5 Å². The van der Waals surface area contributed by atoms with Crippen LogP contribution in [0.25, 0.3) is 0 Å². The first kappa shape index (κ1) is 17.6. The smallest absolute Gasteiger partial charge is 0.271 e. The van der Waals surface area contributed by atoms with Crippen LogP contribution in [0, 0.1) is 0 Å². The molecule has 124 valence electrons. The first-order valence-corrected chi connectivity index (χ1v) is 7.57. The first-order chi connectivity index (χ1) is 11.5. The van der Waals surface area contributed by atoms with E-state index in [1.54, 1.807) is 30.3 Å². The summed E-state index contributed by atoms with van der Waals surface area (Å²) in [6.45, 7) is 0. The minimum absolute atomic E-state index is 0.218. The van der Waals surface area contributed by atoms with Gasteiger partial charge in [-0.3, -0.25) is 15.5 Å². The van der Waals surface area contributed by atoms with Crippen LogP contribution < -0.4 is 15.8 Å². The molecule has 0 spiro atoms. The summed E-state index contributed by atoms with van der Waals surface area (Å²) in [5.41, 5.74) is 7.35. The zero-order valence-corrected chi connectivity index (χ0v) is 14.2. The van der Waals surface area contributed by atoms with Crippen LogP contribution in [-0.2, 0) is 0 Å². The van der Waals surface area contributed by atoms with Gasteiger partial charge in [0.05, 0.1) is 6.21 Å². The number of rotatable bonds is 5. The molecule has 24 heavy (non-hydrogen) atoms. The van der Waals surface area contributed by atoms with Gasteiger partial charge >= 0.3 is 0 Å². The minimum Gasteiger partial charge on any atom is -0.378 e. The van der Waals surface area contributed by atoms with E-state index in [2.05, 4.69) is 10.5 Å². The normalized spacial score (nSPS) is 10.5. The average molecular weight is 342 g/mol. The molecule has 0 aliphatic heterocycles. The Hall–Kier alpha value is -2.77. The highest BCUT2D eigenvalue weighted by atomic mass is 32.1. The molecule has 0 aromatic heterocycles. The quantitative estimate of drug-likeness (QED) is 0.441. The lowest BCUT2D eigenvalue weighted by molar-refractivity contribution is 0.0955. The van der Waals surface area contributed by atoms with Crippen LogP contribution >= 0.6 is 12.2 Å². The Balaban J connectivity index is 2.00. The van der Waals surface area contributed by atoms with Crippen LogP contribution in [0.4, 0.5) is 5.69 Å². The number of carbonyl (C=O) groups is 1. The second kappa shape index (κ2) is 8.19. The standard InChI is InChI=1S/C17H18N4O2S/c1-21(2)15-8-6-13(7-9-15)16(22)19-18-11-12-4-3-5-14(10-12)17(24)20-23/h3-11,23H,1-2H3,(H,19,22)(H,20,24)/b18-11+. The van der Waals surface area contributed by atoms with Gasteiger partial charge in [0.1, 0.15) is 4.99 Å². The molecule has 0 radical (unpaired) electrons. The van der Waals surface area contributed by atoms with E-state index in [0.717, 1.165) is 11.3 Å². The van der Waals surface area contributed by atoms with Crippen molar-refractivity contribution in [3.63, 3.8) is 0 Å². The summed E-state index contributed by atoms with van der Waals surface area (Å²) in [6, 6.07) is 14.3. The molecule has 2 aromatic rings. The molecule has 1 amide bonds. The van der Waals surface area contributed by atoms with E-state index < -0.39 is 0 Å². The molecule has 0 atom stereocenters. The fraction of sp³-hybridized carbons (Fsp3) is 0.118. The Kier molecular flexibility index (Phi) is 6.00. The second-order valence-corrected chi connectivity index (χ2v) is 5.62. The predicted molar refractivity (Wildman–Crippen MR) is 98.9 cm³/mol. The molecule has 0 fully saturated rings. The molecule has 3 N–H and O–H groups in total. The lowest BCUT2D eigenvalue weighted by Crippen LogP contribution is -2.18. The number of benzene rings is 2. The maximum atomic E-state index is 12.0. The van der Waals surface area contributed by atoms with Crippen molar-refractivity contribution in [2.24, 2.45) is 5.10 Å². The lowest BCUT2D eigenvalue weighted by Gasteiger charge is -2.12. The number of hydroxylamine groups is 1. The van der Waals surface area contributed by atoms with Crippen molar-refractivity contribution in [3.05, 3.63) is 65.2 Å². The number of thiocarbonyl (C=S) groups is 1. The Morgan fingerprint density at radius 2 is 1.88 bits per heavy atom. The van der Waals surface area contributed by atoms with Crippen molar-refractivity contribution in [2.75, 3.05) is 19.0 Å². The monoisotopic (exact) mass is 342 g/mol. The zero-order chi connectivity index (χ0) is 17.5. The van der Waals surface area contributed by atoms with E-state index in [0.29, 0.717) is 11.1 Å². The van der Waals surface area contributed by atoms with Crippen LogP contribution in [0.3, 0.4) is 0 Å². The van der Waals surface area contributed by atoms with Crippen molar-refractivity contribution < 1.29 is 10.0 Å². The SMILES string of the molecule is CN(C)c1ccc(C(=O)N/N=C/c2cccc(C(=S)NO)c2)cc1. The molecule has 2 aromatic carbocycles. The molecule has 0 aliphatic carbocycles. The summed E-state index contributed by atoms with van der Waals surface area (Å²) in [6.07, 6.45) is 1.51. The van der Waals surface area contributed by atoms with Gasteiger partial charge in [-0.2, -0.15) is 5.10 Å². The molecule has 2 rings (SSSR count). The van der Waals surface area contributed by atoms with Crippen molar-refractivity contribution in [3.8, 4) is 0 Å². The minimum atomic E-state index is -0.291. The summed E-state index contributed by atoms with van der Waals surface area (Å²) in [5.74, 6) is -0.291. The van der Waals surface area contributed by atoms with Crippen LogP contribution in [0.2, 0.25) is 0 Å². The molecule has 6 nitrogen and oxygen atoms in total. The molecule has 0 unspecified atom stereocenters. The van der Waals surface area contributed by atoms with Gasteiger partial charge in [-0.1, -0.05) is 30.4 Å². The summed E-state index contributed by atoms with van der Waals surface area (Å²) in [4.78, 5) is 14.2. The second-order valence-electron chi connectivity index (χ2n) is 5.21. The van der Waals surface area contributed by atoms with Crippen LogP contribution in [0.15, 0.2) is 53.6 Å². The van der Waals surface area contributed by atoms with E-state index in [1.165, 1.54) is 6.21 Å². The third-order valence-corrected chi connectivity index (χ3v) is 3.60. The number of nitrogens with zero attached hydrogens (tertiary/aromatic N) is 2. The largest absolute Gasteiger partial charge is 0.378 e. The van der Waals surface area contributed by atoms with E-state index in [-0.39, 0.29) is 10.9 Å². The molecular formula is C17H18N4O2S. The fourth-order valence-corrected chi connectivity index (χ4v) is 2.09. The Morgan fingerprint density at radius 3 is 2.50 bits per heavy atom. The van der Waals surface area contributed by atoms with Gasteiger partial charge in [-0.15, -0.1) is 0 Å². The fourth-order valence-electron chi connectivity index (χ4n) is 1.97. The Bertz CT molecular complexity index is 757. The molecular weight excluding hydrogens is 324 g/mol. The van der Waals surface area contributed by atoms with Gasteiger partial charge in [0, 0.05) is 30.9 Å². The maximum Gasteiger partial charge on any atom is 0.271 e. The summed E-state index contributed by atoms with van der Waals surface area (Å²) in [5, 5.41) is 12.8. The van der Waals surface area contributed by atoms with Crippen molar-refractivity contribution in [1.29, 1.82) is 0 Å². The predicted octanol–water partition coefficient (Wildman–Crippen LogP) is 2.17. The zero-order valence-electron chi connectivity index (χ0n) is 13.4. The molecule has 0 aliphatic rings. The summed E-state index contributed by atoms with van der Waals surface area (Å²) >= 11 is 4.95. The van der Waals surface area contributed by atoms with Crippen LogP contribution in [-0.4, -0.2) is 36.4 Å². The van der Waals surface area contributed by atoms with Gasteiger partial charge in [-0.25, -0.2) is 5.43 Å². The van der Waals surface area contributed by atoms with E-state index in [1.807, 2.05) is 42.7 Å². The number of amides is 1. The van der Waals surface area contributed by atoms with Gasteiger partial charge in [0.15, 0.2) is 0 Å². The number of hydrogen-bond donors (Lipinski definition) is 3. The Morgan fingerprint density at radius 1 is 1.17 bits per heavy atom. The third-order valence-electron chi connectivity index (χ3n) is 3.28. The third kappa shape index (κ3) is 4.61. The highest BCUT2D eigenvalue weighted by Crippen LogP contribution is 2.12. The van der Waals surface area contributed by atoms with E-state index in [9.17, 15) is 4.79 Å². The average Bonchev–Trinajstić information content (AvgIpc) is 2.61. The van der Waals surface area contributed by atoms with Crippen molar-refractivity contribution >= 4 is 35.0 Å². The van der Waals surface area contributed by atoms with Crippen LogP contribution in [0.5, 0.6) is 0 Å². The van der Waals surface area contributed by atoms with E-state index >= 15 is 0 Å². The summed E-state index contributed by atoms with van der Waals surface area (Å²) in [7, 11) is 3.87. The molecule has 0 heterocycles. The van der Waals surface area contributed by atoms with Gasteiger partial charge in [0.25, 0.3) is 5.91 Å². The van der Waals surface area contributed by atoms with Crippen molar-refractivity contribution in [1.82, 2.24) is 10.9 Å². The number of hydrogen-bond acceptors (Lipinski definition) is 5. The number of carbonyl (C=O) groups excluding carboxylic acids is 1. The maximum absolute atomic E-state index is 12.0. The first-order valence-electron chi connectivity index (χ1n) is 7.16. The Labute approximate surface area is 145 Å². The summed E-state index contributed by atoms with van der Waals surface area (Å²) < 4.78 is 0. The van der Waals surface area contributed by atoms with Crippen molar-refractivity contribution in [2.45, 2.75) is 0 Å². The number of nitrogens with one attached hydrogen (secondary N) is 2. The molecule has 0 saturated heterocycles. The van der Waals surface area contributed by atoms with E-state index in [4.69, 9.17) is 17.4 Å². The van der Waals surface area contributed by atoms with Gasteiger partial charge in [-0.05, 0) is 35.9 Å². The highest BCUT2D eigenvalue weighted by Gasteiger charge is 2.04. The lowest BCUT2D eigenvalue weighted by atomic mass is 10.1. The number of hydrazone groups is 1. The number of anilines is 1. The topological polar surface area (TPSA) is 77.0 Å². The molecule has 7 heteroatoms. The highest BCUT2D eigenvalue weighted by molar-refractivity contribution is 7.80. The molecule has 0 bridgehead atoms. The molecule has 0 saturated carbocycles. The van der Waals surface area contributed by atoms with Gasteiger partial charge in [0.2, 0.25) is 0 Å². The van der Waals surface area contributed by atoms with Gasteiger partial charge < -0.3 is 4.90 Å².